The van der Waals surface area contributed by atoms with Crippen LogP contribution in [0.5, 0.6) is 11.5 Å². The first-order chi connectivity index (χ1) is 14.4. The van der Waals surface area contributed by atoms with Crippen LogP contribution in [-0.4, -0.2) is 11.7 Å². The summed E-state index contributed by atoms with van der Waals surface area (Å²) in [5.41, 5.74) is 0.257. The standard InChI is InChI=1S/C28H50O2/c1-5-6-7-8-9-10-11-12-13-14-15-16-17-18-19-25(28(2,3)4)24-30-27-22-20-26(29)21-23-27/h20-23,25,29H,5-19,24H2,1-4H3. The smallest absolute Gasteiger partial charge is 0.119 e. The molecule has 1 unspecified atom stereocenters. The van der Waals surface area contributed by atoms with Crippen molar-refractivity contribution in [2.24, 2.45) is 11.3 Å². The second kappa shape index (κ2) is 16.5. The molecule has 1 aromatic rings. The summed E-state index contributed by atoms with van der Waals surface area (Å²) in [6.07, 6.45) is 21.0. The lowest BCUT2D eigenvalue weighted by molar-refractivity contribution is 0.134. The molecule has 0 bridgehead atoms. The average Bonchev–Trinajstić information content (AvgIpc) is 2.70. The van der Waals surface area contributed by atoms with Gasteiger partial charge in [0.1, 0.15) is 11.5 Å². The summed E-state index contributed by atoms with van der Waals surface area (Å²) in [4.78, 5) is 0. The van der Waals surface area contributed by atoms with Crippen LogP contribution in [0, 0.1) is 11.3 Å². The summed E-state index contributed by atoms with van der Waals surface area (Å²) in [7, 11) is 0. The van der Waals surface area contributed by atoms with E-state index in [2.05, 4.69) is 27.7 Å². The van der Waals surface area contributed by atoms with Crippen molar-refractivity contribution in [1.29, 1.82) is 0 Å². The molecule has 1 rings (SSSR count). The average molecular weight is 419 g/mol. The Balaban J connectivity index is 2.03. The second-order valence-corrected chi connectivity index (χ2v) is 10.3. The van der Waals surface area contributed by atoms with Gasteiger partial charge in [0.2, 0.25) is 0 Å². The fraction of sp³-hybridized carbons (Fsp3) is 0.786. The third-order valence-corrected chi connectivity index (χ3v) is 6.42. The minimum absolute atomic E-state index is 0.257. The van der Waals surface area contributed by atoms with Gasteiger partial charge in [-0.1, -0.05) is 118 Å². The molecular formula is C28H50O2. The summed E-state index contributed by atoms with van der Waals surface area (Å²) in [6.45, 7) is 10.0. The Labute approximate surface area is 187 Å². The van der Waals surface area contributed by atoms with Gasteiger partial charge >= 0.3 is 0 Å². The Kier molecular flexibility index (Phi) is 14.8. The Hall–Kier alpha value is -1.18. The van der Waals surface area contributed by atoms with E-state index in [1.165, 1.54) is 96.3 Å². The molecule has 0 aromatic heterocycles. The maximum absolute atomic E-state index is 9.40. The summed E-state index contributed by atoms with van der Waals surface area (Å²) in [6, 6.07) is 7.08. The summed E-state index contributed by atoms with van der Waals surface area (Å²) < 4.78 is 6.01. The van der Waals surface area contributed by atoms with Crippen LogP contribution >= 0.6 is 0 Å². The van der Waals surface area contributed by atoms with Gasteiger partial charge in [0.25, 0.3) is 0 Å². The summed E-state index contributed by atoms with van der Waals surface area (Å²) in [5, 5.41) is 9.40. The molecule has 0 heterocycles. The van der Waals surface area contributed by atoms with Crippen molar-refractivity contribution in [2.45, 2.75) is 124 Å². The van der Waals surface area contributed by atoms with Crippen molar-refractivity contribution in [2.75, 3.05) is 6.61 Å². The third kappa shape index (κ3) is 13.9. The van der Waals surface area contributed by atoms with Gasteiger partial charge in [-0.3, -0.25) is 0 Å². The van der Waals surface area contributed by atoms with Gasteiger partial charge in [-0.2, -0.15) is 0 Å². The normalized spacial score (nSPS) is 12.8. The highest BCUT2D eigenvalue weighted by molar-refractivity contribution is 5.30. The first kappa shape index (κ1) is 26.9. The Morgan fingerprint density at radius 2 is 1.13 bits per heavy atom. The first-order valence-corrected chi connectivity index (χ1v) is 12.9. The number of phenolic OH excluding ortho intramolecular Hbond substituents is 1. The topological polar surface area (TPSA) is 29.5 Å². The lowest BCUT2D eigenvalue weighted by Crippen LogP contribution is -2.26. The Morgan fingerprint density at radius 1 is 0.700 bits per heavy atom. The van der Waals surface area contributed by atoms with Crippen molar-refractivity contribution in [3.05, 3.63) is 24.3 Å². The van der Waals surface area contributed by atoms with Gasteiger partial charge in [-0.15, -0.1) is 0 Å². The molecule has 0 aliphatic rings. The van der Waals surface area contributed by atoms with Gasteiger partial charge in [0.05, 0.1) is 6.61 Å². The number of hydrogen-bond acceptors (Lipinski definition) is 2. The van der Waals surface area contributed by atoms with Crippen LogP contribution < -0.4 is 4.74 Å². The molecule has 0 saturated heterocycles. The Bertz CT molecular complexity index is 500. The molecule has 2 nitrogen and oxygen atoms in total. The van der Waals surface area contributed by atoms with Crippen LogP contribution in [0.3, 0.4) is 0 Å². The van der Waals surface area contributed by atoms with Crippen LogP contribution in [0.15, 0.2) is 24.3 Å². The zero-order valence-corrected chi connectivity index (χ0v) is 20.6. The highest BCUT2D eigenvalue weighted by Crippen LogP contribution is 2.31. The highest BCUT2D eigenvalue weighted by atomic mass is 16.5. The van der Waals surface area contributed by atoms with Gasteiger partial charge in [-0.05, 0) is 42.0 Å². The van der Waals surface area contributed by atoms with E-state index in [4.69, 9.17) is 4.74 Å². The van der Waals surface area contributed by atoms with Crippen molar-refractivity contribution < 1.29 is 9.84 Å². The summed E-state index contributed by atoms with van der Waals surface area (Å²) in [5.74, 6) is 1.70. The van der Waals surface area contributed by atoms with Crippen LogP contribution in [0.2, 0.25) is 0 Å². The minimum Gasteiger partial charge on any atom is -0.508 e. The molecule has 0 fully saturated rings. The Morgan fingerprint density at radius 3 is 1.57 bits per heavy atom. The summed E-state index contributed by atoms with van der Waals surface area (Å²) >= 11 is 0. The second-order valence-electron chi connectivity index (χ2n) is 10.3. The van der Waals surface area contributed by atoms with Gasteiger partial charge < -0.3 is 9.84 Å². The number of ether oxygens (including phenoxy) is 1. The van der Waals surface area contributed by atoms with Crippen LogP contribution in [0.4, 0.5) is 0 Å². The molecule has 0 aliphatic carbocycles. The van der Waals surface area contributed by atoms with Gasteiger partial charge in [-0.25, -0.2) is 0 Å². The molecule has 1 N–H and O–H groups in total. The fourth-order valence-electron chi connectivity index (χ4n) is 4.09. The van der Waals surface area contributed by atoms with E-state index < -0.39 is 0 Å². The van der Waals surface area contributed by atoms with E-state index in [1.807, 2.05) is 12.1 Å². The molecule has 0 saturated carbocycles. The van der Waals surface area contributed by atoms with E-state index in [0.717, 1.165) is 12.4 Å². The fourth-order valence-corrected chi connectivity index (χ4v) is 4.09. The van der Waals surface area contributed by atoms with Crippen LogP contribution in [0.1, 0.15) is 124 Å². The number of phenols is 1. The minimum atomic E-state index is 0.257. The van der Waals surface area contributed by atoms with Crippen molar-refractivity contribution >= 4 is 0 Å². The lowest BCUT2D eigenvalue weighted by atomic mass is 9.78. The number of unbranched alkanes of at least 4 members (excludes halogenated alkanes) is 13. The molecule has 174 valence electrons. The molecule has 0 amide bonds. The maximum Gasteiger partial charge on any atom is 0.119 e. The van der Waals surface area contributed by atoms with Gasteiger partial charge in [0, 0.05) is 0 Å². The molecule has 0 aliphatic heterocycles. The number of hydrogen-bond donors (Lipinski definition) is 1. The van der Waals surface area contributed by atoms with Crippen molar-refractivity contribution in [3.8, 4) is 11.5 Å². The zero-order chi connectivity index (χ0) is 22.1. The van der Waals surface area contributed by atoms with Gasteiger partial charge in [0.15, 0.2) is 0 Å². The van der Waals surface area contributed by atoms with E-state index in [1.54, 1.807) is 12.1 Å². The highest BCUT2D eigenvalue weighted by Gasteiger charge is 2.24. The monoisotopic (exact) mass is 418 g/mol. The molecule has 0 spiro atoms. The third-order valence-electron chi connectivity index (χ3n) is 6.42. The number of benzene rings is 1. The predicted octanol–water partition coefficient (Wildman–Crippen LogP) is 9.30. The van der Waals surface area contributed by atoms with E-state index in [9.17, 15) is 5.11 Å². The molecular weight excluding hydrogens is 368 g/mol. The SMILES string of the molecule is CCCCCCCCCCCCCCCCC(COc1ccc(O)cc1)C(C)(C)C. The van der Waals surface area contributed by atoms with Crippen molar-refractivity contribution in [1.82, 2.24) is 0 Å². The predicted molar refractivity (Wildman–Crippen MR) is 131 cm³/mol. The molecule has 30 heavy (non-hydrogen) atoms. The van der Waals surface area contributed by atoms with Crippen LogP contribution in [-0.2, 0) is 0 Å². The van der Waals surface area contributed by atoms with E-state index >= 15 is 0 Å². The zero-order valence-electron chi connectivity index (χ0n) is 20.6. The van der Waals surface area contributed by atoms with E-state index in [0.29, 0.717) is 5.92 Å². The quantitative estimate of drug-likeness (QED) is 0.241. The number of rotatable bonds is 18. The first-order valence-electron chi connectivity index (χ1n) is 12.9. The molecule has 1 atom stereocenters. The van der Waals surface area contributed by atoms with E-state index in [-0.39, 0.29) is 11.2 Å². The number of aromatic hydroxyl groups is 1. The van der Waals surface area contributed by atoms with Crippen molar-refractivity contribution in [3.63, 3.8) is 0 Å². The molecule has 2 heteroatoms. The molecule has 0 radical (unpaired) electrons. The van der Waals surface area contributed by atoms with Crippen LogP contribution in [0.25, 0.3) is 0 Å². The maximum atomic E-state index is 9.40. The molecule has 1 aromatic carbocycles. The largest absolute Gasteiger partial charge is 0.508 e. The lowest BCUT2D eigenvalue weighted by Gasteiger charge is -2.30.